The summed E-state index contributed by atoms with van der Waals surface area (Å²) in [5.41, 5.74) is 2.58. The normalized spacial score (nSPS) is 10.3. The van der Waals surface area contributed by atoms with E-state index in [1.54, 1.807) is 0 Å². The highest BCUT2D eigenvalue weighted by molar-refractivity contribution is 5.46. The van der Waals surface area contributed by atoms with Gasteiger partial charge in [-0.2, -0.15) is 0 Å². The second-order valence-corrected chi connectivity index (χ2v) is 4.49. The van der Waals surface area contributed by atoms with E-state index < -0.39 is 0 Å². The quantitative estimate of drug-likeness (QED) is 0.801. The Bertz CT molecular complexity index is 274. The van der Waals surface area contributed by atoms with Crippen LogP contribution in [0.1, 0.15) is 40.3 Å². The lowest BCUT2D eigenvalue weighted by Gasteiger charge is -2.19. The minimum atomic E-state index is 0.292. The number of anilines is 1. The van der Waals surface area contributed by atoms with E-state index in [-0.39, 0.29) is 0 Å². The number of rotatable bonds is 2. The molecule has 2 nitrogen and oxygen atoms in total. The Morgan fingerprint density at radius 1 is 1.27 bits per heavy atom. The van der Waals surface area contributed by atoms with E-state index in [4.69, 9.17) is 0 Å². The number of aromatic nitrogens is 1. The molecule has 0 aliphatic rings. The molecule has 0 radical (unpaired) electrons. The fraction of sp³-hybridized carbons (Fsp3) is 0.615. The summed E-state index contributed by atoms with van der Waals surface area (Å²) >= 11 is 0. The summed E-state index contributed by atoms with van der Waals surface area (Å²) in [6, 6.07) is 4.02. The first-order chi connectivity index (χ1) is 7.03. The number of pyridine rings is 1. The molecule has 15 heavy (non-hydrogen) atoms. The topological polar surface area (TPSA) is 24.9 Å². The molecule has 2 heteroatoms. The van der Waals surface area contributed by atoms with Gasteiger partial charge in [0.25, 0.3) is 0 Å². The molecule has 1 aromatic heterocycles. The third-order valence-electron chi connectivity index (χ3n) is 1.86. The fourth-order valence-electron chi connectivity index (χ4n) is 1.31. The van der Waals surface area contributed by atoms with Crippen molar-refractivity contribution in [2.45, 2.75) is 41.0 Å². The van der Waals surface area contributed by atoms with Gasteiger partial charge in [0, 0.05) is 13.2 Å². The maximum atomic E-state index is 4.37. The maximum Gasteiger partial charge on any atom is 0.0639 e. The SMILES string of the molecule is CC.CNc1cccnc1CC(C)(C)C. The number of hydrogen-bond acceptors (Lipinski definition) is 2. The van der Waals surface area contributed by atoms with Crippen LogP contribution in [-0.4, -0.2) is 12.0 Å². The Morgan fingerprint density at radius 3 is 2.33 bits per heavy atom. The van der Waals surface area contributed by atoms with Gasteiger partial charge in [-0.3, -0.25) is 4.98 Å². The largest absolute Gasteiger partial charge is 0.387 e. The van der Waals surface area contributed by atoms with E-state index >= 15 is 0 Å². The summed E-state index contributed by atoms with van der Waals surface area (Å²) in [7, 11) is 1.93. The molecule has 1 N–H and O–H groups in total. The predicted molar refractivity (Wildman–Crippen MR) is 68.3 cm³/mol. The molecule has 0 bridgehead atoms. The van der Waals surface area contributed by atoms with E-state index in [0.717, 1.165) is 17.8 Å². The third kappa shape index (κ3) is 5.40. The molecular weight excluding hydrogens is 184 g/mol. The first-order valence-corrected chi connectivity index (χ1v) is 5.64. The van der Waals surface area contributed by atoms with Crippen LogP contribution < -0.4 is 5.32 Å². The molecule has 1 heterocycles. The van der Waals surface area contributed by atoms with Crippen LogP contribution >= 0.6 is 0 Å². The molecule has 0 amide bonds. The average Bonchev–Trinajstić information content (AvgIpc) is 2.19. The van der Waals surface area contributed by atoms with Gasteiger partial charge >= 0.3 is 0 Å². The smallest absolute Gasteiger partial charge is 0.0639 e. The van der Waals surface area contributed by atoms with Gasteiger partial charge in [0.1, 0.15) is 0 Å². The highest BCUT2D eigenvalue weighted by Crippen LogP contribution is 2.23. The van der Waals surface area contributed by atoms with E-state index in [1.807, 2.05) is 33.2 Å². The summed E-state index contributed by atoms with van der Waals surface area (Å²) in [6.45, 7) is 10.7. The van der Waals surface area contributed by atoms with Gasteiger partial charge in [-0.25, -0.2) is 0 Å². The molecule has 0 saturated carbocycles. The molecule has 1 aromatic rings. The lowest BCUT2D eigenvalue weighted by molar-refractivity contribution is 0.407. The van der Waals surface area contributed by atoms with Crippen LogP contribution in [-0.2, 0) is 6.42 Å². The minimum absolute atomic E-state index is 0.292. The monoisotopic (exact) mass is 208 g/mol. The summed E-state index contributed by atoms with van der Waals surface area (Å²) < 4.78 is 0. The summed E-state index contributed by atoms with van der Waals surface area (Å²) in [5, 5.41) is 3.16. The van der Waals surface area contributed by atoms with Crippen molar-refractivity contribution in [3.63, 3.8) is 0 Å². The van der Waals surface area contributed by atoms with Crippen molar-refractivity contribution in [3.8, 4) is 0 Å². The Balaban J connectivity index is 0.000000921. The molecule has 0 saturated heterocycles. The van der Waals surface area contributed by atoms with Crippen molar-refractivity contribution >= 4 is 5.69 Å². The zero-order chi connectivity index (χ0) is 11.9. The van der Waals surface area contributed by atoms with Crippen LogP contribution in [0.3, 0.4) is 0 Å². The summed E-state index contributed by atoms with van der Waals surface area (Å²) in [4.78, 5) is 4.37. The van der Waals surface area contributed by atoms with Crippen LogP contribution in [0, 0.1) is 5.41 Å². The third-order valence-corrected chi connectivity index (χ3v) is 1.86. The zero-order valence-electron chi connectivity index (χ0n) is 10.9. The molecule has 0 atom stereocenters. The van der Waals surface area contributed by atoms with E-state index in [2.05, 4.69) is 37.1 Å². The molecule has 86 valence electrons. The van der Waals surface area contributed by atoms with E-state index in [9.17, 15) is 0 Å². The van der Waals surface area contributed by atoms with Crippen LogP contribution in [0.4, 0.5) is 5.69 Å². The predicted octanol–water partition coefficient (Wildman–Crippen LogP) is 3.74. The molecule has 0 spiro atoms. The van der Waals surface area contributed by atoms with Gasteiger partial charge in [0.05, 0.1) is 11.4 Å². The number of nitrogens with zero attached hydrogens (tertiary/aromatic N) is 1. The molecule has 0 fully saturated rings. The van der Waals surface area contributed by atoms with Crippen LogP contribution in [0.2, 0.25) is 0 Å². The van der Waals surface area contributed by atoms with Crippen molar-refractivity contribution in [1.82, 2.24) is 4.98 Å². The first-order valence-electron chi connectivity index (χ1n) is 5.64. The van der Waals surface area contributed by atoms with Gasteiger partial charge < -0.3 is 5.32 Å². The van der Waals surface area contributed by atoms with Crippen molar-refractivity contribution in [1.29, 1.82) is 0 Å². The van der Waals surface area contributed by atoms with Crippen LogP contribution in [0.15, 0.2) is 18.3 Å². The molecule has 0 aliphatic heterocycles. The van der Waals surface area contributed by atoms with Gasteiger partial charge in [-0.15, -0.1) is 0 Å². The van der Waals surface area contributed by atoms with E-state index in [0.29, 0.717) is 5.41 Å². The number of hydrogen-bond donors (Lipinski definition) is 1. The second kappa shape index (κ2) is 6.44. The van der Waals surface area contributed by atoms with Gasteiger partial charge in [0.2, 0.25) is 0 Å². The Labute approximate surface area is 94.1 Å². The second-order valence-electron chi connectivity index (χ2n) is 4.49. The van der Waals surface area contributed by atoms with Gasteiger partial charge in [-0.05, 0) is 24.0 Å². The fourth-order valence-corrected chi connectivity index (χ4v) is 1.31. The summed E-state index contributed by atoms with van der Waals surface area (Å²) in [5.74, 6) is 0. The van der Waals surface area contributed by atoms with Gasteiger partial charge in [-0.1, -0.05) is 34.6 Å². The van der Waals surface area contributed by atoms with Crippen molar-refractivity contribution in [2.24, 2.45) is 5.41 Å². The van der Waals surface area contributed by atoms with Crippen LogP contribution in [0.25, 0.3) is 0 Å². The molecule has 0 unspecified atom stereocenters. The van der Waals surface area contributed by atoms with Crippen LogP contribution in [0.5, 0.6) is 0 Å². The summed E-state index contributed by atoms with van der Waals surface area (Å²) in [6.07, 6.45) is 2.85. The lowest BCUT2D eigenvalue weighted by atomic mass is 9.90. The molecule has 0 aromatic carbocycles. The first kappa shape index (κ1) is 13.9. The highest BCUT2D eigenvalue weighted by atomic mass is 14.9. The lowest BCUT2D eigenvalue weighted by Crippen LogP contribution is -2.12. The van der Waals surface area contributed by atoms with E-state index in [1.165, 1.54) is 0 Å². The van der Waals surface area contributed by atoms with Crippen molar-refractivity contribution < 1.29 is 0 Å². The standard InChI is InChI=1S/C11H18N2.C2H6/c1-11(2,3)8-10-9(12-4)6-5-7-13-10;1-2/h5-7,12H,8H2,1-4H3;1-2H3. The Morgan fingerprint density at radius 2 is 1.87 bits per heavy atom. The molecule has 0 aliphatic carbocycles. The molecular formula is C13H24N2. The zero-order valence-corrected chi connectivity index (χ0v) is 10.9. The Kier molecular flexibility index (Phi) is 5.99. The van der Waals surface area contributed by atoms with Crippen molar-refractivity contribution in [3.05, 3.63) is 24.0 Å². The Hall–Kier alpha value is -1.05. The average molecular weight is 208 g/mol. The maximum absolute atomic E-state index is 4.37. The molecule has 1 rings (SSSR count). The highest BCUT2D eigenvalue weighted by Gasteiger charge is 2.14. The number of nitrogens with one attached hydrogen (secondary N) is 1. The minimum Gasteiger partial charge on any atom is -0.387 e. The van der Waals surface area contributed by atoms with Gasteiger partial charge in [0.15, 0.2) is 0 Å². The van der Waals surface area contributed by atoms with Crippen molar-refractivity contribution in [2.75, 3.05) is 12.4 Å².